The number of anilines is 2. The minimum absolute atomic E-state index is 0.201. The largest absolute Gasteiger partial charge is 0.453 e. The van der Waals surface area contributed by atoms with E-state index in [1.165, 1.54) is 13.3 Å². The summed E-state index contributed by atoms with van der Waals surface area (Å²) in [5.41, 5.74) is 2.05. The van der Waals surface area contributed by atoms with Gasteiger partial charge >= 0.3 is 12.3 Å². The molecule has 0 bridgehead atoms. The normalized spacial score (nSPS) is 10.9. The Balaban J connectivity index is 1.59. The Kier molecular flexibility index (Phi) is 6.60. The van der Waals surface area contributed by atoms with E-state index in [9.17, 15) is 22.8 Å². The number of fused-ring (bicyclic) bond motifs is 1. The van der Waals surface area contributed by atoms with Crippen LogP contribution in [0.4, 0.5) is 29.5 Å². The zero-order valence-electron chi connectivity index (χ0n) is 19.0. The third-order valence-electron chi connectivity index (χ3n) is 5.11. The minimum Gasteiger partial charge on any atom is -0.453 e. The van der Waals surface area contributed by atoms with Gasteiger partial charge in [0.2, 0.25) is 0 Å². The van der Waals surface area contributed by atoms with Crippen molar-refractivity contribution in [3.63, 3.8) is 0 Å². The molecule has 36 heavy (non-hydrogen) atoms. The Labute approximate surface area is 203 Å². The van der Waals surface area contributed by atoms with E-state index in [1.807, 2.05) is 6.92 Å². The molecule has 0 saturated carbocycles. The van der Waals surface area contributed by atoms with Crippen molar-refractivity contribution < 1.29 is 27.5 Å². The Hall–Kier alpha value is -4.85. The average Bonchev–Trinajstić information content (AvgIpc) is 3.27. The SMILES string of the molecule is COC(=O)Nc1cccn2c(C#Cc3cc(C(=O)Nc4cc(C(F)(F)F)ccn4)ccc3C)cnc12. The minimum atomic E-state index is -4.55. The highest BCUT2D eigenvalue weighted by atomic mass is 19.4. The van der Waals surface area contributed by atoms with Crippen molar-refractivity contribution in [3.05, 3.63) is 89.0 Å². The van der Waals surface area contributed by atoms with E-state index < -0.39 is 23.7 Å². The molecule has 0 aliphatic rings. The molecule has 0 spiro atoms. The molecule has 8 nitrogen and oxygen atoms in total. The number of amides is 2. The van der Waals surface area contributed by atoms with E-state index in [0.29, 0.717) is 22.6 Å². The van der Waals surface area contributed by atoms with Gasteiger partial charge in [-0.25, -0.2) is 14.8 Å². The monoisotopic (exact) mass is 493 g/mol. The summed E-state index contributed by atoms with van der Waals surface area (Å²) in [6.07, 6.45) is -0.941. The van der Waals surface area contributed by atoms with Gasteiger partial charge in [-0.05, 0) is 54.8 Å². The first kappa shape index (κ1) is 24.3. The van der Waals surface area contributed by atoms with Gasteiger partial charge in [0.15, 0.2) is 5.65 Å². The Morgan fingerprint density at radius 3 is 2.61 bits per heavy atom. The number of aromatic nitrogens is 3. The lowest BCUT2D eigenvalue weighted by molar-refractivity contribution is -0.137. The van der Waals surface area contributed by atoms with Crippen molar-refractivity contribution in [2.75, 3.05) is 17.7 Å². The third-order valence-corrected chi connectivity index (χ3v) is 5.11. The van der Waals surface area contributed by atoms with E-state index in [4.69, 9.17) is 0 Å². The maximum Gasteiger partial charge on any atom is 0.416 e. The second kappa shape index (κ2) is 9.79. The molecule has 0 unspecified atom stereocenters. The number of pyridine rings is 2. The van der Waals surface area contributed by atoms with Gasteiger partial charge in [0.05, 0.1) is 24.6 Å². The highest BCUT2D eigenvalue weighted by Gasteiger charge is 2.30. The molecule has 1 aromatic carbocycles. The molecule has 0 saturated heterocycles. The topological polar surface area (TPSA) is 97.6 Å². The van der Waals surface area contributed by atoms with Crippen LogP contribution in [0.1, 0.15) is 32.7 Å². The first-order chi connectivity index (χ1) is 17.2. The Morgan fingerprint density at radius 1 is 1.06 bits per heavy atom. The van der Waals surface area contributed by atoms with Crippen LogP contribution in [-0.4, -0.2) is 33.5 Å². The number of benzene rings is 1. The molecule has 2 N–H and O–H groups in total. The Bertz CT molecular complexity index is 1530. The number of aryl methyl sites for hydroxylation is 1. The van der Waals surface area contributed by atoms with Crippen molar-refractivity contribution in [3.8, 4) is 11.8 Å². The van der Waals surface area contributed by atoms with Gasteiger partial charge in [-0.15, -0.1) is 0 Å². The lowest BCUT2D eigenvalue weighted by atomic mass is 10.0. The highest BCUT2D eigenvalue weighted by Crippen LogP contribution is 2.30. The lowest BCUT2D eigenvalue weighted by Gasteiger charge is -2.09. The number of hydrogen-bond acceptors (Lipinski definition) is 5. The fourth-order valence-electron chi connectivity index (χ4n) is 3.25. The molecule has 0 fully saturated rings. The van der Waals surface area contributed by atoms with Crippen molar-refractivity contribution in [1.29, 1.82) is 0 Å². The summed E-state index contributed by atoms with van der Waals surface area (Å²) in [5.74, 6) is 5.15. The van der Waals surface area contributed by atoms with E-state index in [0.717, 1.165) is 23.9 Å². The molecule has 11 heteroatoms. The van der Waals surface area contributed by atoms with Crippen LogP contribution in [0.2, 0.25) is 0 Å². The molecule has 2 amide bonds. The second-order valence-electron chi connectivity index (χ2n) is 7.54. The van der Waals surface area contributed by atoms with Crippen molar-refractivity contribution in [2.45, 2.75) is 13.1 Å². The number of nitrogens with zero attached hydrogens (tertiary/aromatic N) is 3. The summed E-state index contributed by atoms with van der Waals surface area (Å²) >= 11 is 0. The van der Waals surface area contributed by atoms with E-state index in [1.54, 1.807) is 40.9 Å². The number of ether oxygens (including phenoxy) is 1. The molecule has 0 aliphatic carbocycles. The van der Waals surface area contributed by atoms with Crippen LogP contribution in [-0.2, 0) is 10.9 Å². The predicted molar refractivity (Wildman–Crippen MR) is 126 cm³/mol. The summed E-state index contributed by atoms with van der Waals surface area (Å²) in [4.78, 5) is 32.3. The van der Waals surface area contributed by atoms with Crippen molar-refractivity contribution in [2.24, 2.45) is 0 Å². The number of alkyl halides is 3. The molecule has 0 atom stereocenters. The zero-order chi connectivity index (χ0) is 25.9. The van der Waals surface area contributed by atoms with Crippen LogP contribution < -0.4 is 10.6 Å². The van der Waals surface area contributed by atoms with Crippen LogP contribution >= 0.6 is 0 Å². The Morgan fingerprint density at radius 2 is 1.86 bits per heavy atom. The molecular weight excluding hydrogens is 475 g/mol. The molecule has 4 aromatic rings. The number of imidazole rings is 1. The van der Waals surface area contributed by atoms with E-state index >= 15 is 0 Å². The van der Waals surface area contributed by atoms with E-state index in [2.05, 4.69) is 37.2 Å². The van der Waals surface area contributed by atoms with Gasteiger partial charge in [-0.3, -0.25) is 14.5 Å². The zero-order valence-corrected chi connectivity index (χ0v) is 19.0. The third kappa shape index (κ3) is 5.28. The first-order valence-electron chi connectivity index (χ1n) is 10.4. The van der Waals surface area contributed by atoms with Crippen molar-refractivity contribution in [1.82, 2.24) is 14.4 Å². The molecule has 3 heterocycles. The molecule has 0 radical (unpaired) electrons. The fourth-order valence-corrected chi connectivity index (χ4v) is 3.25. The number of methoxy groups -OCH3 is 1. The molecule has 4 rings (SSSR count). The van der Waals surface area contributed by atoms with Gasteiger partial charge in [0.1, 0.15) is 11.5 Å². The lowest BCUT2D eigenvalue weighted by Crippen LogP contribution is -2.14. The van der Waals surface area contributed by atoms with Gasteiger partial charge in [0, 0.05) is 23.5 Å². The molecule has 3 aromatic heterocycles. The summed E-state index contributed by atoms with van der Waals surface area (Å²) in [5, 5.41) is 4.96. The van der Waals surface area contributed by atoms with Crippen molar-refractivity contribution >= 4 is 29.2 Å². The molecular formula is C25H18F3N5O3. The molecule has 0 aliphatic heterocycles. The summed E-state index contributed by atoms with van der Waals surface area (Å²) in [7, 11) is 1.25. The number of hydrogen-bond donors (Lipinski definition) is 2. The maximum atomic E-state index is 12.9. The molecule has 182 valence electrons. The van der Waals surface area contributed by atoms with Crippen LogP contribution in [0.3, 0.4) is 0 Å². The second-order valence-corrected chi connectivity index (χ2v) is 7.54. The number of carbonyl (C=O) groups is 2. The number of rotatable bonds is 3. The van der Waals surface area contributed by atoms with Crippen LogP contribution in [0.15, 0.2) is 61.1 Å². The van der Waals surface area contributed by atoms with E-state index in [-0.39, 0.29) is 11.4 Å². The van der Waals surface area contributed by atoms with Gasteiger partial charge in [-0.1, -0.05) is 12.0 Å². The average molecular weight is 493 g/mol. The van der Waals surface area contributed by atoms with Gasteiger partial charge in [-0.2, -0.15) is 13.2 Å². The van der Waals surface area contributed by atoms with Gasteiger partial charge in [0.25, 0.3) is 5.91 Å². The fraction of sp³-hybridized carbons (Fsp3) is 0.120. The van der Waals surface area contributed by atoms with Crippen LogP contribution in [0, 0.1) is 18.8 Å². The van der Waals surface area contributed by atoms with Gasteiger partial charge < -0.3 is 10.1 Å². The van der Waals surface area contributed by atoms with Crippen LogP contribution in [0.5, 0.6) is 0 Å². The summed E-state index contributed by atoms with van der Waals surface area (Å²) in [6.45, 7) is 1.81. The summed E-state index contributed by atoms with van der Waals surface area (Å²) < 4.78 is 45.1. The first-order valence-corrected chi connectivity index (χ1v) is 10.4. The standard InChI is InChI=1S/C25H18F3N5O3/c1-15-5-6-17(23(34)32-21-13-18(9-10-29-21)25(26,27)28)12-16(15)7-8-19-14-30-22-20(31-24(35)36-2)4-3-11-33(19)22/h3-6,9-14H,1-2H3,(H,31,35)(H,29,32,34). The highest BCUT2D eigenvalue weighted by molar-refractivity contribution is 6.04. The number of carbonyl (C=O) groups excluding carboxylic acids is 2. The number of nitrogens with one attached hydrogen (secondary N) is 2. The predicted octanol–water partition coefficient (Wildman–Crippen LogP) is 4.89. The number of halogens is 3. The smallest absolute Gasteiger partial charge is 0.416 e. The quantitative estimate of drug-likeness (QED) is 0.396. The maximum absolute atomic E-state index is 12.9. The summed E-state index contributed by atoms with van der Waals surface area (Å²) in [6, 6.07) is 9.74. The van der Waals surface area contributed by atoms with Crippen LogP contribution in [0.25, 0.3) is 5.65 Å².